The number of nitrogens with two attached hydrogens (primary N) is 2. The molecule has 2 aromatic heterocycles. The Balaban J connectivity index is 1.96. The van der Waals surface area contributed by atoms with E-state index in [9.17, 15) is 0 Å². The molecule has 0 radical (unpaired) electrons. The Labute approximate surface area is 144 Å². The first kappa shape index (κ1) is 15.0. The Kier molecular flexibility index (Phi) is 3.50. The first-order valence-electron chi connectivity index (χ1n) is 7.81. The summed E-state index contributed by atoms with van der Waals surface area (Å²) in [6.45, 7) is 0. The van der Waals surface area contributed by atoms with Crippen molar-refractivity contribution >= 4 is 22.4 Å². The number of hydrogen-bond donors (Lipinski definition) is 2. The molecule has 2 aromatic carbocycles. The number of nitrogen functional groups attached to an aromatic ring is 2. The van der Waals surface area contributed by atoms with Gasteiger partial charge in [-0.2, -0.15) is 0 Å². The average molecular weight is 331 g/mol. The van der Waals surface area contributed by atoms with Crippen molar-refractivity contribution in [2.75, 3.05) is 18.6 Å². The van der Waals surface area contributed by atoms with Gasteiger partial charge in [0.05, 0.1) is 12.5 Å². The maximum absolute atomic E-state index is 6.37. The van der Waals surface area contributed by atoms with Gasteiger partial charge in [0.15, 0.2) is 5.82 Å². The van der Waals surface area contributed by atoms with Gasteiger partial charge in [0.2, 0.25) is 0 Å². The molecule has 25 heavy (non-hydrogen) atoms. The van der Waals surface area contributed by atoms with Crippen LogP contribution in [0.5, 0.6) is 5.75 Å². The summed E-state index contributed by atoms with van der Waals surface area (Å²) in [5, 5.41) is 9.96. The lowest BCUT2D eigenvalue weighted by atomic mass is 10.1. The SMILES string of the molecule is COc1ccc(-n2cc3c(-c4ccccc4)nnc(N)c3c2N)cc1. The number of hydrogen-bond acceptors (Lipinski definition) is 5. The molecule has 0 saturated heterocycles. The van der Waals surface area contributed by atoms with Crippen LogP contribution in [-0.2, 0) is 0 Å². The van der Waals surface area contributed by atoms with Gasteiger partial charge in [-0.05, 0) is 24.3 Å². The predicted molar refractivity (Wildman–Crippen MR) is 99.7 cm³/mol. The molecule has 2 heterocycles. The number of fused-ring (bicyclic) bond motifs is 1. The summed E-state index contributed by atoms with van der Waals surface area (Å²) in [6, 6.07) is 17.5. The minimum atomic E-state index is 0.319. The lowest BCUT2D eigenvalue weighted by molar-refractivity contribution is 0.415. The Hall–Kier alpha value is -3.54. The Bertz CT molecular complexity index is 1040. The molecule has 4 aromatic rings. The second-order valence-electron chi connectivity index (χ2n) is 5.67. The van der Waals surface area contributed by atoms with E-state index >= 15 is 0 Å². The summed E-state index contributed by atoms with van der Waals surface area (Å²) in [7, 11) is 1.64. The molecule has 6 heteroatoms. The smallest absolute Gasteiger partial charge is 0.157 e. The van der Waals surface area contributed by atoms with Crippen molar-refractivity contribution in [1.82, 2.24) is 14.8 Å². The van der Waals surface area contributed by atoms with Crippen molar-refractivity contribution in [2.45, 2.75) is 0 Å². The zero-order valence-corrected chi connectivity index (χ0v) is 13.7. The Morgan fingerprint density at radius 2 is 1.64 bits per heavy atom. The van der Waals surface area contributed by atoms with Crippen molar-refractivity contribution in [2.24, 2.45) is 0 Å². The van der Waals surface area contributed by atoms with E-state index < -0.39 is 0 Å². The second-order valence-corrected chi connectivity index (χ2v) is 5.67. The summed E-state index contributed by atoms with van der Waals surface area (Å²) < 4.78 is 7.09. The van der Waals surface area contributed by atoms with Crippen molar-refractivity contribution in [3.63, 3.8) is 0 Å². The van der Waals surface area contributed by atoms with Gasteiger partial charge >= 0.3 is 0 Å². The van der Waals surface area contributed by atoms with E-state index in [0.717, 1.165) is 28.1 Å². The fourth-order valence-electron chi connectivity index (χ4n) is 2.94. The monoisotopic (exact) mass is 331 g/mol. The van der Waals surface area contributed by atoms with Gasteiger partial charge in [-0.3, -0.25) is 0 Å². The highest BCUT2D eigenvalue weighted by Crippen LogP contribution is 2.35. The van der Waals surface area contributed by atoms with Crippen LogP contribution in [-0.4, -0.2) is 21.9 Å². The molecule has 4 N–H and O–H groups in total. The summed E-state index contributed by atoms with van der Waals surface area (Å²) >= 11 is 0. The van der Waals surface area contributed by atoms with Crippen molar-refractivity contribution in [3.05, 3.63) is 60.8 Å². The molecule has 4 rings (SSSR count). The van der Waals surface area contributed by atoms with E-state index in [-0.39, 0.29) is 0 Å². The number of rotatable bonds is 3. The summed E-state index contributed by atoms with van der Waals surface area (Å²) in [6.07, 6.45) is 1.94. The molecule has 0 amide bonds. The number of anilines is 2. The van der Waals surface area contributed by atoms with E-state index in [1.807, 2.05) is 65.4 Å². The lowest BCUT2D eigenvalue weighted by Gasteiger charge is -2.07. The van der Waals surface area contributed by atoms with Crippen LogP contribution >= 0.6 is 0 Å². The lowest BCUT2D eigenvalue weighted by Crippen LogP contribution is -2.00. The Morgan fingerprint density at radius 1 is 0.920 bits per heavy atom. The van der Waals surface area contributed by atoms with E-state index in [1.165, 1.54) is 0 Å². The van der Waals surface area contributed by atoms with E-state index in [0.29, 0.717) is 17.0 Å². The van der Waals surface area contributed by atoms with Crippen molar-refractivity contribution < 1.29 is 4.74 Å². The number of methoxy groups -OCH3 is 1. The highest BCUT2D eigenvalue weighted by atomic mass is 16.5. The molecule has 0 spiro atoms. The van der Waals surface area contributed by atoms with E-state index in [2.05, 4.69) is 10.2 Å². The molecular formula is C19H17N5O. The Morgan fingerprint density at radius 3 is 2.32 bits per heavy atom. The largest absolute Gasteiger partial charge is 0.497 e. The van der Waals surface area contributed by atoms with Gasteiger partial charge < -0.3 is 20.8 Å². The molecule has 6 nitrogen and oxygen atoms in total. The van der Waals surface area contributed by atoms with Gasteiger partial charge in [0.1, 0.15) is 17.3 Å². The molecular weight excluding hydrogens is 314 g/mol. The molecule has 0 bridgehead atoms. The molecule has 0 unspecified atom stereocenters. The topological polar surface area (TPSA) is 92.0 Å². The third-order valence-electron chi connectivity index (χ3n) is 4.21. The summed E-state index contributed by atoms with van der Waals surface area (Å²) in [4.78, 5) is 0. The van der Waals surface area contributed by atoms with Crippen LogP contribution < -0.4 is 16.2 Å². The zero-order valence-electron chi connectivity index (χ0n) is 13.7. The van der Waals surface area contributed by atoms with Crippen LogP contribution in [0.4, 0.5) is 11.6 Å². The number of benzene rings is 2. The van der Waals surface area contributed by atoms with Gasteiger partial charge in [0.25, 0.3) is 0 Å². The normalized spacial score (nSPS) is 10.9. The van der Waals surface area contributed by atoms with Gasteiger partial charge in [0, 0.05) is 22.8 Å². The van der Waals surface area contributed by atoms with E-state index in [1.54, 1.807) is 7.11 Å². The van der Waals surface area contributed by atoms with Crippen LogP contribution in [0.3, 0.4) is 0 Å². The molecule has 0 saturated carbocycles. The molecule has 0 aliphatic heterocycles. The molecule has 0 atom stereocenters. The highest BCUT2D eigenvalue weighted by molar-refractivity contribution is 6.06. The van der Waals surface area contributed by atoms with Crippen LogP contribution in [0.25, 0.3) is 27.7 Å². The fraction of sp³-hybridized carbons (Fsp3) is 0.0526. The average Bonchev–Trinajstić information content (AvgIpc) is 3.01. The van der Waals surface area contributed by atoms with Gasteiger partial charge in [-0.1, -0.05) is 30.3 Å². The molecule has 0 aliphatic carbocycles. The van der Waals surface area contributed by atoms with Crippen molar-refractivity contribution in [1.29, 1.82) is 0 Å². The van der Waals surface area contributed by atoms with Crippen LogP contribution in [0, 0.1) is 0 Å². The summed E-state index contributed by atoms with van der Waals surface area (Å²) in [5.41, 5.74) is 15.1. The maximum Gasteiger partial charge on any atom is 0.157 e. The van der Waals surface area contributed by atoms with Crippen LogP contribution in [0.15, 0.2) is 60.8 Å². The minimum absolute atomic E-state index is 0.319. The number of nitrogens with zero attached hydrogens (tertiary/aromatic N) is 3. The third-order valence-corrected chi connectivity index (χ3v) is 4.21. The first-order chi connectivity index (χ1) is 12.2. The zero-order chi connectivity index (χ0) is 17.4. The molecule has 0 aliphatic rings. The minimum Gasteiger partial charge on any atom is -0.497 e. The van der Waals surface area contributed by atoms with Gasteiger partial charge in [-0.25, -0.2) is 0 Å². The highest BCUT2D eigenvalue weighted by Gasteiger charge is 2.17. The number of aromatic nitrogens is 3. The van der Waals surface area contributed by atoms with Crippen LogP contribution in [0.2, 0.25) is 0 Å². The second kappa shape index (κ2) is 5.83. The maximum atomic E-state index is 6.37. The molecule has 124 valence electrons. The predicted octanol–water partition coefficient (Wildman–Crippen LogP) is 3.26. The quantitative estimate of drug-likeness (QED) is 0.601. The van der Waals surface area contributed by atoms with Crippen molar-refractivity contribution in [3.8, 4) is 22.7 Å². The standard InChI is InChI=1S/C19H17N5O/c1-25-14-9-7-13(8-10-14)24-11-15-16(19(24)21)18(20)23-22-17(15)12-5-3-2-4-6-12/h2-11H,21H2,1H3,(H2,20,23). The third kappa shape index (κ3) is 2.44. The van der Waals surface area contributed by atoms with Gasteiger partial charge in [-0.15, -0.1) is 10.2 Å². The summed E-state index contributed by atoms with van der Waals surface area (Å²) in [5.74, 6) is 1.64. The number of ether oxygens (including phenoxy) is 1. The first-order valence-corrected chi connectivity index (χ1v) is 7.81. The van der Waals surface area contributed by atoms with E-state index in [4.69, 9.17) is 16.2 Å². The molecule has 0 fully saturated rings. The van der Waals surface area contributed by atoms with Crippen LogP contribution in [0.1, 0.15) is 0 Å². The fourth-order valence-corrected chi connectivity index (χ4v) is 2.94.